The summed E-state index contributed by atoms with van der Waals surface area (Å²) in [5.74, 6) is 0. The summed E-state index contributed by atoms with van der Waals surface area (Å²) in [4.78, 5) is 8.48. The molecule has 0 radical (unpaired) electrons. The fourth-order valence-corrected chi connectivity index (χ4v) is 2.53. The molecule has 0 aliphatic carbocycles. The lowest BCUT2D eigenvalue weighted by Crippen LogP contribution is -2.36. The number of hydrogen-bond acceptors (Lipinski definition) is 5. The number of hydrogen-bond donors (Lipinski definition) is 2. The van der Waals surface area contributed by atoms with Crippen molar-refractivity contribution < 1.29 is 5.11 Å². The van der Waals surface area contributed by atoms with Gasteiger partial charge < -0.3 is 10.8 Å². The molecule has 0 spiro atoms. The van der Waals surface area contributed by atoms with Crippen LogP contribution in [0.25, 0.3) is 0 Å². The summed E-state index contributed by atoms with van der Waals surface area (Å²) in [6, 6.07) is 1.87. The number of aryl methyl sites for hydroxylation is 1. The monoisotopic (exact) mass is 241 g/mol. The summed E-state index contributed by atoms with van der Waals surface area (Å²) in [6.45, 7) is 6.00. The van der Waals surface area contributed by atoms with Crippen LogP contribution in [-0.2, 0) is 0 Å². The molecule has 0 bridgehead atoms. The number of nitrogens with zero attached hydrogens (tertiary/aromatic N) is 2. The lowest BCUT2D eigenvalue weighted by atomic mass is 10.0. The molecule has 0 aliphatic rings. The standard InChI is InChI=1S/C11H19N3OS/c1-8-4-5-13-10(14-8)16-9(2)6-11(3,15)7-12/h4-5,9,15H,6-7,12H2,1-3H3. The van der Waals surface area contributed by atoms with Gasteiger partial charge in [-0.3, -0.25) is 0 Å². The smallest absolute Gasteiger partial charge is 0.187 e. The van der Waals surface area contributed by atoms with Gasteiger partial charge in [-0.05, 0) is 26.3 Å². The largest absolute Gasteiger partial charge is 0.389 e. The first-order valence-electron chi connectivity index (χ1n) is 5.32. The molecule has 90 valence electrons. The van der Waals surface area contributed by atoms with E-state index in [1.807, 2.05) is 19.9 Å². The normalized spacial score (nSPS) is 16.8. The first-order valence-corrected chi connectivity index (χ1v) is 6.20. The van der Waals surface area contributed by atoms with E-state index in [2.05, 4.69) is 9.97 Å². The minimum Gasteiger partial charge on any atom is -0.389 e. The highest BCUT2D eigenvalue weighted by atomic mass is 32.2. The van der Waals surface area contributed by atoms with E-state index in [9.17, 15) is 5.11 Å². The zero-order valence-electron chi connectivity index (χ0n) is 9.97. The first kappa shape index (κ1) is 13.4. The Hall–Kier alpha value is -0.650. The van der Waals surface area contributed by atoms with Crippen molar-refractivity contribution in [1.82, 2.24) is 9.97 Å². The molecular formula is C11H19N3OS. The molecule has 3 N–H and O–H groups in total. The van der Waals surface area contributed by atoms with Crippen LogP contribution in [0.2, 0.25) is 0 Å². The summed E-state index contributed by atoms with van der Waals surface area (Å²) in [6.07, 6.45) is 2.38. The second-order valence-electron chi connectivity index (χ2n) is 4.31. The van der Waals surface area contributed by atoms with Crippen molar-refractivity contribution in [2.24, 2.45) is 5.73 Å². The number of aromatic nitrogens is 2. The van der Waals surface area contributed by atoms with Gasteiger partial charge in [-0.1, -0.05) is 18.7 Å². The Morgan fingerprint density at radius 1 is 1.62 bits per heavy atom. The molecule has 0 amide bonds. The van der Waals surface area contributed by atoms with Crippen molar-refractivity contribution >= 4 is 11.8 Å². The van der Waals surface area contributed by atoms with E-state index in [1.54, 1.807) is 24.9 Å². The maximum Gasteiger partial charge on any atom is 0.187 e. The lowest BCUT2D eigenvalue weighted by molar-refractivity contribution is 0.0608. The highest BCUT2D eigenvalue weighted by Gasteiger charge is 2.22. The van der Waals surface area contributed by atoms with Crippen LogP contribution in [0.3, 0.4) is 0 Å². The molecule has 16 heavy (non-hydrogen) atoms. The Bertz CT molecular complexity index is 344. The molecule has 0 aliphatic heterocycles. The van der Waals surface area contributed by atoms with E-state index in [0.717, 1.165) is 10.9 Å². The molecule has 4 nitrogen and oxygen atoms in total. The van der Waals surface area contributed by atoms with Crippen LogP contribution in [0.1, 0.15) is 26.0 Å². The molecule has 0 aromatic carbocycles. The predicted octanol–water partition coefficient (Wildman–Crippen LogP) is 1.37. The minimum atomic E-state index is -0.809. The second-order valence-corrected chi connectivity index (χ2v) is 5.72. The van der Waals surface area contributed by atoms with Gasteiger partial charge in [0.1, 0.15) is 0 Å². The summed E-state index contributed by atoms with van der Waals surface area (Å²) < 4.78 is 0. The van der Waals surface area contributed by atoms with Gasteiger partial charge in [0, 0.05) is 23.7 Å². The van der Waals surface area contributed by atoms with Crippen LogP contribution in [0.4, 0.5) is 0 Å². The Kier molecular flexibility index (Phi) is 4.70. The zero-order valence-corrected chi connectivity index (χ0v) is 10.8. The van der Waals surface area contributed by atoms with Crippen molar-refractivity contribution in [2.45, 2.75) is 43.2 Å². The van der Waals surface area contributed by atoms with Crippen molar-refractivity contribution in [3.05, 3.63) is 18.0 Å². The third kappa shape index (κ3) is 4.47. The van der Waals surface area contributed by atoms with E-state index < -0.39 is 5.60 Å². The Morgan fingerprint density at radius 2 is 2.31 bits per heavy atom. The van der Waals surface area contributed by atoms with Gasteiger partial charge in [0.2, 0.25) is 0 Å². The second kappa shape index (κ2) is 5.61. The third-order valence-electron chi connectivity index (χ3n) is 2.25. The molecule has 0 fully saturated rings. The van der Waals surface area contributed by atoms with Gasteiger partial charge in [-0.2, -0.15) is 0 Å². The molecule has 0 saturated carbocycles. The van der Waals surface area contributed by atoms with E-state index in [1.165, 1.54) is 0 Å². The SMILES string of the molecule is Cc1ccnc(SC(C)CC(C)(O)CN)n1. The topological polar surface area (TPSA) is 72.0 Å². The predicted molar refractivity (Wildman–Crippen MR) is 66.4 cm³/mol. The van der Waals surface area contributed by atoms with Crippen LogP contribution in [-0.4, -0.2) is 32.5 Å². The van der Waals surface area contributed by atoms with Crippen LogP contribution < -0.4 is 5.73 Å². The summed E-state index contributed by atoms with van der Waals surface area (Å²) in [7, 11) is 0. The fourth-order valence-electron chi connectivity index (χ4n) is 1.41. The van der Waals surface area contributed by atoms with E-state index in [4.69, 9.17) is 5.73 Å². The zero-order chi connectivity index (χ0) is 12.2. The number of rotatable bonds is 5. The number of nitrogens with two attached hydrogens (primary N) is 1. The average Bonchev–Trinajstić information content (AvgIpc) is 2.16. The molecule has 2 unspecified atom stereocenters. The van der Waals surface area contributed by atoms with Gasteiger partial charge >= 0.3 is 0 Å². The quantitative estimate of drug-likeness (QED) is 0.601. The molecular weight excluding hydrogens is 222 g/mol. The molecule has 2 atom stereocenters. The number of thioether (sulfide) groups is 1. The van der Waals surface area contributed by atoms with Gasteiger partial charge in [0.25, 0.3) is 0 Å². The summed E-state index contributed by atoms with van der Waals surface area (Å²) in [5.41, 5.74) is 5.63. The average molecular weight is 241 g/mol. The third-order valence-corrected chi connectivity index (χ3v) is 3.22. The lowest BCUT2D eigenvalue weighted by Gasteiger charge is -2.24. The fraction of sp³-hybridized carbons (Fsp3) is 0.636. The molecule has 1 aromatic rings. The summed E-state index contributed by atoms with van der Waals surface area (Å²) >= 11 is 1.56. The highest BCUT2D eigenvalue weighted by molar-refractivity contribution is 7.99. The maximum atomic E-state index is 9.85. The van der Waals surface area contributed by atoms with Crippen molar-refractivity contribution in [1.29, 1.82) is 0 Å². The minimum absolute atomic E-state index is 0.236. The molecule has 1 heterocycles. The van der Waals surface area contributed by atoms with Gasteiger partial charge in [0.05, 0.1) is 5.60 Å². The van der Waals surface area contributed by atoms with E-state index in [-0.39, 0.29) is 11.8 Å². The molecule has 1 rings (SSSR count). The highest BCUT2D eigenvalue weighted by Crippen LogP contribution is 2.25. The molecule has 0 saturated heterocycles. The van der Waals surface area contributed by atoms with Crippen LogP contribution in [0.15, 0.2) is 17.4 Å². The van der Waals surface area contributed by atoms with Crippen LogP contribution in [0, 0.1) is 6.92 Å². The Balaban J connectivity index is 2.55. The first-order chi connectivity index (χ1) is 7.43. The van der Waals surface area contributed by atoms with Gasteiger partial charge in [0.15, 0.2) is 5.16 Å². The number of aliphatic hydroxyl groups is 1. The Labute approximate surface area is 101 Å². The van der Waals surface area contributed by atoms with E-state index in [0.29, 0.717) is 6.42 Å². The molecule has 5 heteroatoms. The summed E-state index contributed by atoms with van der Waals surface area (Å²) in [5, 5.41) is 10.8. The van der Waals surface area contributed by atoms with Crippen molar-refractivity contribution in [3.63, 3.8) is 0 Å². The van der Waals surface area contributed by atoms with Crippen molar-refractivity contribution in [2.75, 3.05) is 6.54 Å². The maximum absolute atomic E-state index is 9.85. The Morgan fingerprint density at radius 3 is 2.88 bits per heavy atom. The van der Waals surface area contributed by atoms with Crippen molar-refractivity contribution in [3.8, 4) is 0 Å². The van der Waals surface area contributed by atoms with Gasteiger partial charge in [-0.25, -0.2) is 9.97 Å². The van der Waals surface area contributed by atoms with Crippen LogP contribution in [0.5, 0.6) is 0 Å². The van der Waals surface area contributed by atoms with Crippen LogP contribution >= 0.6 is 11.8 Å². The van der Waals surface area contributed by atoms with E-state index >= 15 is 0 Å². The van der Waals surface area contributed by atoms with Gasteiger partial charge in [-0.15, -0.1) is 0 Å². The molecule has 1 aromatic heterocycles.